The Morgan fingerprint density at radius 2 is 1.70 bits per heavy atom. The third-order valence-corrected chi connectivity index (χ3v) is 5.46. The number of carbonyl (C=O) groups is 1. The van der Waals surface area contributed by atoms with Crippen LogP contribution < -0.4 is 15.5 Å². The molecule has 1 aliphatic heterocycles. The van der Waals surface area contributed by atoms with Crippen molar-refractivity contribution in [3.63, 3.8) is 0 Å². The van der Waals surface area contributed by atoms with Crippen molar-refractivity contribution in [3.8, 4) is 11.5 Å². The Morgan fingerprint density at radius 1 is 0.967 bits per heavy atom. The van der Waals surface area contributed by atoms with Gasteiger partial charge in [-0.15, -0.1) is 0 Å². The van der Waals surface area contributed by atoms with E-state index in [0.717, 1.165) is 23.3 Å². The lowest BCUT2D eigenvalue weighted by Crippen LogP contribution is -2.23. The Balaban J connectivity index is 1.41. The van der Waals surface area contributed by atoms with E-state index in [1.807, 2.05) is 47.0 Å². The van der Waals surface area contributed by atoms with Crippen molar-refractivity contribution < 1.29 is 9.53 Å². The molecule has 0 unspecified atom stereocenters. The Hall–Kier alpha value is -3.86. The van der Waals surface area contributed by atoms with Crippen LogP contribution in [0.2, 0.25) is 0 Å². The van der Waals surface area contributed by atoms with E-state index in [1.54, 1.807) is 36.5 Å². The highest BCUT2D eigenvalue weighted by Crippen LogP contribution is 2.31. The first-order chi connectivity index (χ1) is 14.6. The Morgan fingerprint density at radius 3 is 2.47 bits per heavy atom. The summed E-state index contributed by atoms with van der Waals surface area (Å²) in [7, 11) is 0. The van der Waals surface area contributed by atoms with Crippen molar-refractivity contribution in [2.45, 2.75) is 19.4 Å². The molecule has 0 radical (unpaired) electrons. The van der Waals surface area contributed by atoms with E-state index in [2.05, 4.69) is 12.2 Å². The van der Waals surface area contributed by atoms with Gasteiger partial charge in [0, 0.05) is 23.3 Å². The fourth-order valence-electron chi connectivity index (χ4n) is 4.01. The van der Waals surface area contributed by atoms with E-state index < -0.39 is 5.91 Å². The van der Waals surface area contributed by atoms with Gasteiger partial charge in [-0.1, -0.05) is 30.3 Å². The Bertz CT molecular complexity index is 1310. The fraction of sp³-hybridized carbons (Fsp3) is 0.120. The molecule has 0 spiro atoms. The number of benzene rings is 3. The number of rotatable bonds is 4. The quantitative estimate of drug-likeness (QED) is 0.518. The number of aromatic nitrogens is 1. The zero-order chi connectivity index (χ0) is 20.7. The number of hydrogen-bond donors (Lipinski definition) is 1. The number of anilines is 1. The van der Waals surface area contributed by atoms with Crippen molar-refractivity contribution >= 4 is 22.5 Å². The number of pyridine rings is 1. The van der Waals surface area contributed by atoms with Crippen molar-refractivity contribution in [2.24, 2.45) is 0 Å². The lowest BCUT2D eigenvalue weighted by Gasteiger charge is -2.13. The summed E-state index contributed by atoms with van der Waals surface area (Å²) in [6, 6.07) is 22.5. The van der Waals surface area contributed by atoms with Crippen LogP contribution in [-0.2, 0) is 6.42 Å². The maximum absolute atomic E-state index is 13.0. The first-order valence-electron chi connectivity index (χ1n) is 9.91. The average molecular weight is 396 g/mol. The Kier molecular flexibility index (Phi) is 4.36. The molecular formula is C25H20N2O3. The van der Waals surface area contributed by atoms with Crippen LogP contribution in [0.3, 0.4) is 0 Å². The molecule has 1 atom stereocenters. The van der Waals surface area contributed by atoms with Crippen LogP contribution in [-0.4, -0.2) is 10.5 Å². The average Bonchev–Trinajstić information content (AvgIpc) is 3.08. The summed E-state index contributed by atoms with van der Waals surface area (Å²) in [6.07, 6.45) is 2.55. The number of ether oxygens (including phenoxy) is 1. The van der Waals surface area contributed by atoms with Crippen molar-refractivity contribution in [1.82, 2.24) is 4.57 Å². The van der Waals surface area contributed by atoms with Gasteiger partial charge in [-0.05, 0) is 61.4 Å². The van der Waals surface area contributed by atoms with Gasteiger partial charge in [0.25, 0.3) is 5.91 Å². The summed E-state index contributed by atoms with van der Waals surface area (Å²) in [5, 5.41) is 3.42. The van der Waals surface area contributed by atoms with E-state index in [-0.39, 0.29) is 17.0 Å². The minimum Gasteiger partial charge on any atom is -0.457 e. The van der Waals surface area contributed by atoms with Crippen LogP contribution in [0, 0.1) is 0 Å². The molecule has 5 heteroatoms. The number of amides is 1. The topological polar surface area (TPSA) is 60.3 Å². The molecule has 5 nitrogen and oxygen atoms in total. The first kappa shape index (κ1) is 18.2. The number of carbonyl (C=O) groups excluding carboxylic acids is 1. The second-order valence-electron chi connectivity index (χ2n) is 7.54. The molecule has 0 saturated heterocycles. The molecule has 5 rings (SSSR count). The van der Waals surface area contributed by atoms with Crippen molar-refractivity contribution in [1.29, 1.82) is 0 Å². The molecule has 2 heterocycles. The summed E-state index contributed by atoms with van der Waals surface area (Å²) in [4.78, 5) is 25.9. The lowest BCUT2D eigenvalue weighted by atomic mass is 10.1. The number of hydrogen-bond acceptors (Lipinski definition) is 3. The fourth-order valence-corrected chi connectivity index (χ4v) is 4.01. The van der Waals surface area contributed by atoms with Gasteiger partial charge in [-0.2, -0.15) is 0 Å². The lowest BCUT2D eigenvalue weighted by molar-refractivity contribution is 0.102. The molecule has 1 aromatic heterocycles. The SMILES string of the molecule is C[C@H]1Cc2cccc3c(=O)c(C(=O)Nc4ccc(Oc5ccccc5)cc4)cn1c23. The highest BCUT2D eigenvalue weighted by Gasteiger charge is 2.24. The molecule has 1 N–H and O–H groups in total. The second-order valence-corrected chi connectivity index (χ2v) is 7.54. The highest BCUT2D eigenvalue weighted by molar-refractivity contribution is 6.06. The predicted octanol–water partition coefficient (Wildman–Crippen LogP) is 5.16. The van der Waals surface area contributed by atoms with E-state index in [9.17, 15) is 9.59 Å². The van der Waals surface area contributed by atoms with Crippen LogP contribution in [0.5, 0.6) is 11.5 Å². The van der Waals surface area contributed by atoms with Gasteiger partial charge >= 0.3 is 0 Å². The normalized spacial score (nSPS) is 14.6. The molecular weight excluding hydrogens is 376 g/mol. The van der Waals surface area contributed by atoms with Crippen LogP contribution in [0.25, 0.3) is 10.9 Å². The highest BCUT2D eigenvalue weighted by atomic mass is 16.5. The van der Waals surface area contributed by atoms with Gasteiger partial charge in [-0.25, -0.2) is 0 Å². The van der Waals surface area contributed by atoms with E-state index in [0.29, 0.717) is 16.8 Å². The molecule has 1 aliphatic rings. The summed E-state index contributed by atoms with van der Waals surface area (Å²) < 4.78 is 7.81. The summed E-state index contributed by atoms with van der Waals surface area (Å²) in [6.45, 7) is 2.09. The number of nitrogens with zero attached hydrogens (tertiary/aromatic N) is 1. The van der Waals surface area contributed by atoms with Crippen molar-refractivity contribution in [2.75, 3.05) is 5.32 Å². The molecule has 30 heavy (non-hydrogen) atoms. The largest absolute Gasteiger partial charge is 0.457 e. The minimum atomic E-state index is -0.410. The molecule has 0 aliphatic carbocycles. The molecule has 4 aromatic rings. The number of para-hydroxylation sites is 2. The van der Waals surface area contributed by atoms with E-state index in [4.69, 9.17) is 4.74 Å². The van der Waals surface area contributed by atoms with Crippen LogP contribution in [0.4, 0.5) is 5.69 Å². The van der Waals surface area contributed by atoms with Crippen LogP contribution in [0.1, 0.15) is 28.9 Å². The third-order valence-electron chi connectivity index (χ3n) is 5.46. The smallest absolute Gasteiger partial charge is 0.261 e. The molecule has 3 aromatic carbocycles. The molecule has 1 amide bonds. The maximum atomic E-state index is 13.0. The molecule has 0 bridgehead atoms. The van der Waals surface area contributed by atoms with E-state index >= 15 is 0 Å². The van der Waals surface area contributed by atoms with Gasteiger partial charge in [0.05, 0.1) is 5.52 Å². The van der Waals surface area contributed by atoms with Gasteiger partial charge in [0.2, 0.25) is 5.43 Å². The van der Waals surface area contributed by atoms with Crippen LogP contribution >= 0.6 is 0 Å². The summed E-state index contributed by atoms with van der Waals surface area (Å²) in [5.41, 5.74) is 2.60. The predicted molar refractivity (Wildman–Crippen MR) is 118 cm³/mol. The standard InChI is InChI=1S/C25H20N2O3/c1-16-14-17-6-5-9-21-23(17)27(16)15-22(24(21)28)25(29)26-18-10-12-20(13-11-18)30-19-7-3-2-4-8-19/h2-13,15-16H,14H2,1H3,(H,26,29)/t16-/m0/s1. The van der Waals surface area contributed by atoms with Gasteiger partial charge < -0.3 is 14.6 Å². The monoisotopic (exact) mass is 396 g/mol. The van der Waals surface area contributed by atoms with Crippen LogP contribution in [0.15, 0.2) is 83.8 Å². The molecule has 0 fully saturated rings. The molecule has 148 valence electrons. The maximum Gasteiger partial charge on any atom is 0.261 e. The van der Waals surface area contributed by atoms with Gasteiger partial charge in [0.1, 0.15) is 17.1 Å². The summed E-state index contributed by atoms with van der Waals surface area (Å²) in [5.74, 6) is 0.997. The summed E-state index contributed by atoms with van der Waals surface area (Å²) >= 11 is 0. The zero-order valence-corrected chi connectivity index (χ0v) is 16.5. The zero-order valence-electron chi connectivity index (χ0n) is 16.5. The molecule has 0 saturated carbocycles. The number of nitrogens with one attached hydrogen (secondary N) is 1. The van der Waals surface area contributed by atoms with Gasteiger partial charge in [-0.3, -0.25) is 9.59 Å². The third kappa shape index (κ3) is 3.14. The second kappa shape index (κ2) is 7.19. The Labute approximate surface area is 173 Å². The van der Waals surface area contributed by atoms with Gasteiger partial charge in [0.15, 0.2) is 0 Å². The minimum absolute atomic E-state index is 0.151. The van der Waals surface area contributed by atoms with Crippen molar-refractivity contribution in [3.05, 3.63) is 100 Å². The first-order valence-corrected chi connectivity index (χ1v) is 9.91. The van der Waals surface area contributed by atoms with E-state index in [1.165, 1.54) is 0 Å².